The summed E-state index contributed by atoms with van der Waals surface area (Å²) < 4.78 is 19.8. The van der Waals surface area contributed by atoms with Crippen molar-refractivity contribution in [2.75, 3.05) is 25.1 Å². The number of aryl methyl sites for hydroxylation is 1. The van der Waals surface area contributed by atoms with Crippen LogP contribution in [0.4, 0.5) is 10.3 Å². The van der Waals surface area contributed by atoms with Gasteiger partial charge in [-0.3, -0.25) is 0 Å². The molecular weight excluding hydrogens is 357 g/mol. The van der Waals surface area contributed by atoms with Gasteiger partial charge in [-0.15, -0.1) is 0 Å². The predicted molar refractivity (Wildman–Crippen MR) is 108 cm³/mol. The molecule has 0 amide bonds. The molecule has 1 aromatic heterocycles. The normalized spacial score (nSPS) is 21.6. The van der Waals surface area contributed by atoms with Crippen LogP contribution in [-0.4, -0.2) is 36.2 Å². The van der Waals surface area contributed by atoms with Gasteiger partial charge in [-0.25, -0.2) is 14.4 Å². The molecule has 1 aromatic carbocycles. The fourth-order valence-electron chi connectivity index (χ4n) is 3.86. The van der Waals surface area contributed by atoms with Gasteiger partial charge in [-0.1, -0.05) is 13.0 Å². The number of rotatable bonds is 5. The van der Waals surface area contributed by atoms with Gasteiger partial charge >= 0.3 is 0 Å². The highest BCUT2D eigenvalue weighted by atomic mass is 19.1. The van der Waals surface area contributed by atoms with E-state index in [0.717, 1.165) is 48.8 Å². The summed E-state index contributed by atoms with van der Waals surface area (Å²) in [6.07, 6.45) is 4.28. The summed E-state index contributed by atoms with van der Waals surface area (Å²) in [6.45, 7) is 3.74. The zero-order valence-electron chi connectivity index (χ0n) is 16.3. The molecule has 1 saturated heterocycles. The monoisotopic (exact) mass is 383 g/mol. The molecule has 2 atom stereocenters. The number of aromatic nitrogens is 2. The minimum absolute atomic E-state index is 0.0253. The van der Waals surface area contributed by atoms with Crippen molar-refractivity contribution in [3.63, 3.8) is 0 Å². The number of ether oxygens (including phenoxy) is 1. The van der Waals surface area contributed by atoms with E-state index in [9.17, 15) is 4.39 Å². The number of hydrogen-bond acceptors (Lipinski definition) is 6. The molecule has 148 valence electrons. The van der Waals surface area contributed by atoms with E-state index in [0.29, 0.717) is 17.7 Å². The van der Waals surface area contributed by atoms with Crippen LogP contribution in [0.1, 0.15) is 42.8 Å². The highest BCUT2D eigenvalue weighted by molar-refractivity contribution is 5.73. The van der Waals surface area contributed by atoms with E-state index in [2.05, 4.69) is 17.1 Å². The third kappa shape index (κ3) is 3.54. The molecule has 0 bridgehead atoms. The zero-order valence-corrected chi connectivity index (χ0v) is 16.3. The van der Waals surface area contributed by atoms with Crippen LogP contribution in [0, 0.1) is 5.82 Å². The maximum absolute atomic E-state index is 14.4. The van der Waals surface area contributed by atoms with Crippen LogP contribution < -0.4 is 20.7 Å². The lowest BCUT2D eigenvalue weighted by Crippen LogP contribution is -2.28. The topological polar surface area (TPSA) is 76.3 Å². The Morgan fingerprint density at radius 2 is 2.21 bits per heavy atom. The lowest BCUT2D eigenvalue weighted by molar-refractivity contribution is 0.409. The van der Waals surface area contributed by atoms with Gasteiger partial charge in [0.15, 0.2) is 0 Å². The van der Waals surface area contributed by atoms with Gasteiger partial charge in [0.25, 0.3) is 0 Å². The minimum atomic E-state index is -0.281. The van der Waals surface area contributed by atoms with Gasteiger partial charge in [-0.05, 0) is 36.6 Å². The molecule has 28 heavy (non-hydrogen) atoms. The summed E-state index contributed by atoms with van der Waals surface area (Å²) in [5, 5.41) is 3.36. The molecule has 6 nitrogen and oxygen atoms in total. The molecule has 1 fully saturated rings. The molecule has 0 saturated carbocycles. The smallest absolute Gasteiger partial charge is 0.225 e. The van der Waals surface area contributed by atoms with E-state index in [1.54, 1.807) is 19.2 Å². The summed E-state index contributed by atoms with van der Waals surface area (Å²) in [4.78, 5) is 11.7. The average Bonchev–Trinajstić information content (AvgIpc) is 3.36. The number of nitrogens with two attached hydrogens (primary N) is 1. The van der Waals surface area contributed by atoms with Crippen LogP contribution in [0.5, 0.6) is 5.75 Å². The van der Waals surface area contributed by atoms with Gasteiger partial charge < -0.3 is 20.7 Å². The van der Waals surface area contributed by atoms with Crippen LogP contribution >= 0.6 is 0 Å². The molecule has 2 unspecified atom stereocenters. The van der Waals surface area contributed by atoms with Crippen LogP contribution in [0.2, 0.25) is 0 Å². The van der Waals surface area contributed by atoms with Gasteiger partial charge in [0.2, 0.25) is 5.95 Å². The zero-order chi connectivity index (χ0) is 19.7. The van der Waals surface area contributed by atoms with E-state index < -0.39 is 0 Å². The van der Waals surface area contributed by atoms with E-state index in [-0.39, 0.29) is 17.9 Å². The number of methoxy groups -OCH3 is 1. The summed E-state index contributed by atoms with van der Waals surface area (Å²) in [7, 11) is 1.56. The largest absolute Gasteiger partial charge is 0.496 e. The maximum Gasteiger partial charge on any atom is 0.225 e. The second kappa shape index (κ2) is 7.75. The van der Waals surface area contributed by atoms with Crippen molar-refractivity contribution >= 4 is 11.5 Å². The summed E-state index contributed by atoms with van der Waals surface area (Å²) in [6, 6.07) is 7.07. The Labute approximate surface area is 164 Å². The lowest BCUT2D eigenvalue weighted by Gasteiger charge is -2.19. The number of anilines is 1. The predicted octanol–water partition coefficient (Wildman–Crippen LogP) is 2.80. The van der Waals surface area contributed by atoms with Crippen molar-refractivity contribution in [3.05, 3.63) is 53.2 Å². The Kier molecular flexibility index (Phi) is 5.17. The number of halogens is 1. The fraction of sp³-hybridized carbons (Fsp3) is 0.429. The molecule has 4 rings (SSSR count). The third-order valence-electron chi connectivity index (χ3n) is 5.41. The first-order valence-electron chi connectivity index (χ1n) is 9.75. The van der Waals surface area contributed by atoms with E-state index >= 15 is 0 Å². The Balaban J connectivity index is 1.60. The van der Waals surface area contributed by atoms with Crippen molar-refractivity contribution in [2.45, 2.75) is 38.3 Å². The second-order valence-electron chi connectivity index (χ2n) is 7.34. The summed E-state index contributed by atoms with van der Waals surface area (Å²) in [5.74, 6) is 0.995. The number of benzene rings is 1. The molecule has 2 aromatic rings. The molecule has 3 heterocycles. The third-order valence-corrected chi connectivity index (χ3v) is 5.41. The molecule has 7 heteroatoms. The Morgan fingerprint density at radius 3 is 2.93 bits per heavy atom. The van der Waals surface area contributed by atoms with Crippen LogP contribution in [0.25, 0.3) is 5.57 Å². The highest BCUT2D eigenvalue weighted by Gasteiger charge is 2.27. The molecule has 0 aliphatic carbocycles. The minimum Gasteiger partial charge on any atom is -0.496 e. The molecule has 3 N–H and O–H groups in total. The fourth-order valence-corrected chi connectivity index (χ4v) is 3.86. The number of hydrogen-bond donors (Lipinski definition) is 2. The van der Waals surface area contributed by atoms with Crippen molar-refractivity contribution in [1.29, 1.82) is 0 Å². The molecule has 2 aliphatic rings. The van der Waals surface area contributed by atoms with Gasteiger partial charge in [0, 0.05) is 37.4 Å². The Morgan fingerprint density at radius 1 is 1.36 bits per heavy atom. The van der Waals surface area contributed by atoms with Crippen molar-refractivity contribution < 1.29 is 9.13 Å². The maximum atomic E-state index is 14.4. The average molecular weight is 383 g/mol. The van der Waals surface area contributed by atoms with Crippen LogP contribution in [0.3, 0.4) is 0 Å². The summed E-state index contributed by atoms with van der Waals surface area (Å²) in [5.41, 5.74) is 9.36. The van der Waals surface area contributed by atoms with Crippen LogP contribution in [0.15, 0.2) is 30.5 Å². The van der Waals surface area contributed by atoms with Crippen molar-refractivity contribution in [3.8, 4) is 5.75 Å². The van der Waals surface area contributed by atoms with Gasteiger partial charge in [0.1, 0.15) is 11.6 Å². The number of nitrogens with zero attached hydrogens (tertiary/aromatic N) is 3. The van der Waals surface area contributed by atoms with Gasteiger partial charge in [-0.2, -0.15) is 0 Å². The SMILES string of the molecule is CCc1cc(C2CC(c3c(F)cccc3OC)=CN2)nc(N2CCC(N)C2)n1. The molecule has 0 radical (unpaired) electrons. The van der Waals surface area contributed by atoms with E-state index in [1.807, 2.05) is 12.3 Å². The first-order chi connectivity index (χ1) is 13.6. The second-order valence-corrected chi connectivity index (χ2v) is 7.34. The Bertz CT molecular complexity index is 900. The van der Waals surface area contributed by atoms with Gasteiger partial charge in [0.05, 0.1) is 24.4 Å². The van der Waals surface area contributed by atoms with E-state index in [1.165, 1.54) is 6.07 Å². The standard InChI is InChI=1S/C21H26FN5O/c1-3-15-10-18(26-21(25-15)27-8-7-14(23)12-27)17-9-13(11-24-17)20-16(22)5-4-6-19(20)28-2/h4-6,10-11,14,17,24H,3,7-9,12,23H2,1-2H3. The number of nitrogens with one attached hydrogen (secondary N) is 1. The molecular formula is C21H26FN5O. The molecule has 2 aliphatic heterocycles. The quantitative estimate of drug-likeness (QED) is 0.827. The van der Waals surface area contributed by atoms with E-state index in [4.69, 9.17) is 20.4 Å². The first kappa shape index (κ1) is 18.7. The molecule has 0 spiro atoms. The lowest BCUT2D eigenvalue weighted by atomic mass is 9.99. The Hall–Kier alpha value is -2.67. The van der Waals surface area contributed by atoms with Crippen LogP contribution in [-0.2, 0) is 6.42 Å². The van der Waals surface area contributed by atoms with Crippen molar-refractivity contribution in [1.82, 2.24) is 15.3 Å². The summed E-state index contributed by atoms with van der Waals surface area (Å²) >= 11 is 0. The highest BCUT2D eigenvalue weighted by Crippen LogP contribution is 2.37. The van der Waals surface area contributed by atoms with Crippen molar-refractivity contribution in [2.24, 2.45) is 5.73 Å². The first-order valence-corrected chi connectivity index (χ1v) is 9.75.